The molecule has 2 unspecified atom stereocenters. The minimum atomic E-state index is -3.61. The van der Waals surface area contributed by atoms with Crippen LogP contribution in [0.3, 0.4) is 0 Å². The van der Waals surface area contributed by atoms with Gasteiger partial charge in [0, 0.05) is 102 Å². The van der Waals surface area contributed by atoms with Crippen molar-refractivity contribution < 1.29 is 53.1 Å². The molecule has 0 aliphatic carbocycles. The molecule has 0 heterocycles. The second-order valence-corrected chi connectivity index (χ2v) is 20.3. The van der Waals surface area contributed by atoms with Crippen LogP contribution in [0.15, 0.2) is 0 Å². The van der Waals surface area contributed by atoms with E-state index < -0.39 is 46.3 Å². The third kappa shape index (κ3) is 13.1. The molecule has 0 fully saturated rings. The number of rotatable bonds is 31. The molecule has 0 saturated heterocycles. The fourth-order valence-corrected chi connectivity index (χ4v) is 21.7. The van der Waals surface area contributed by atoms with Crippen LogP contribution >= 0.6 is 0 Å². The molecule has 12 nitrogen and oxygen atoms in total. The molecule has 0 radical (unpaired) electrons. The standard InChI is InChI=1S/C28H66O12Si4/c1-13-29-41(30-14-2,31-15-3)25-27(43(35-19-7,36-20-8)37-21-9)28(44(38-22-10,39-23-11)40-24-12)26-42(32-16-4,33-17-5)34-18-6/h27-28H,13-26H2,1-12H3. The van der Waals surface area contributed by atoms with Gasteiger partial charge < -0.3 is 53.1 Å². The Bertz CT molecular complexity index is 573. The van der Waals surface area contributed by atoms with Gasteiger partial charge in [0.05, 0.1) is 0 Å². The first-order valence-corrected chi connectivity index (χ1v) is 24.3. The zero-order chi connectivity index (χ0) is 33.5. The predicted octanol–water partition coefficient (Wildman–Crippen LogP) is 5.92. The highest BCUT2D eigenvalue weighted by molar-refractivity contribution is 6.74. The summed E-state index contributed by atoms with van der Waals surface area (Å²) >= 11 is 0. The third-order valence-corrected chi connectivity index (χ3v) is 21.2. The van der Waals surface area contributed by atoms with Crippen LogP contribution in [0.1, 0.15) is 83.1 Å². The summed E-state index contributed by atoms with van der Waals surface area (Å²) in [4.78, 5) is 0. The van der Waals surface area contributed by atoms with Crippen molar-refractivity contribution in [2.45, 2.75) is 106 Å². The van der Waals surface area contributed by atoms with Gasteiger partial charge in [0.25, 0.3) is 0 Å². The van der Waals surface area contributed by atoms with Gasteiger partial charge in [0.2, 0.25) is 0 Å². The van der Waals surface area contributed by atoms with Gasteiger partial charge >= 0.3 is 35.2 Å². The first-order valence-electron chi connectivity index (χ1n) is 16.8. The second-order valence-electron chi connectivity index (χ2n) is 9.39. The minimum absolute atomic E-state index is 0.330. The number of hydrogen-bond donors (Lipinski definition) is 0. The summed E-state index contributed by atoms with van der Waals surface area (Å²) in [5.41, 5.74) is -0.994. The Kier molecular flexibility index (Phi) is 24.7. The lowest BCUT2D eigenvalue weighted by molar-refractivity contribution is 0.0270. The highest BCUT2D eigenvalue weighted by Crippen LogP contribution is 2.53. The molecule has 0 aromatic rings. The molecule has 0 aliphatic heterocycles. The van der Waals surface area contributed by atoms with Crippen LogP contribution in [-0.2, 0) is 53.1 Å². The molecule has 44 heavy (non-hydrogen) atoms. The van der Waals surface area contributed by atoms with Crippen LogP contribution in [0.5, 0.6) is 0 Å². The fraction of sp³-hybridized carbons (Fsp3) is 1.00. The Labute approximate surface area is 273 Å². The SMILES string of the molecule is CCO[Si](CC(C(C[Si](OCC)(OCC)OCC)[Si](OCC)(OCC)OCC)[Si](OCC)(OCC)OCC)(OCC)OCC. The van der Waals surface area contributed by atoms with Crippen LogP contribution in [0.25, 0.3) is 0 Å². The van der Waals surface area contributed by atoms with E-state index in [9.17, 15) is 0 Å². The molecule has 0 spiro atoms. The average Bonchev–Trinajstić information content (AvgIpc) is 2.96. The zero-order valence-electron chi connectivity index (χ0n) is 30.0. The van der Waals surface area contributed by atoms with Crippen molar-refractivity contribution in [1.82, 2.24) is 0 Å². The van der Waals surface area contributed by atoms with E-state index in [1.54, 1.807) is 0 Å². The Morgan fingerprint density at radius 3 is 0.568 bits per heavy atom. The molecule has 2 atom stereocenters. The van der Waals surface area contributed by atoms with Crippen LogP contribution in [0.2, 0.25) is 23.2 Å². The molecular formula is C28H66O12Si4. The summed E-state index contributed by atoms with van der Waals surface area (Å²) in [7, 11) is -13.9. The molecule has 0 aromatic heterocycles. The maximum atomic E-state index is 6.66. The van der Waals surface area contributed by atoms with E-state index in [4.69, 9.17) is 53.1 Å². The summed E-state index contributed by atoms with van der Waals surface area (Å²) in [5, 5.41) is 0. The maximum Gasteiger partial charge on any atom is 0.504 e. The quantitative estimate of drug-likeness (QED) is 0.0799. The summed E-state index contributed by atoms with van der Waals surface area (Å²) in [6, 6.07) is 0.659. The summed E-state index contributed by atoms with van der Waals surface area (Å²) < 4.78 is 78.6. The molecule has 0 aromatic carbocycles. The smallest absolute Gasteiger partial charge is 0.374 e. The van der Waals surface area contributed by atoms with E-state index in [2.05, 4.69) is 0 Å². The van der Waals surface area contributed by atoms with Crippen molar-refractivity contribution in [3.8, 4) is 0 Å². The van der Waals surface area contributed by atoms with Crippen LogP contribution in [0.4, 0.5) is 0 Å². The lowest BCUT2D eigenvalue weighted by Gasteiger charge is -2.47. The molecule has 0 rings (SSSR count). The Balaban J connectivity index is 8.10. The second kappa shape index (κ2) is 24.5. The van der Waals surface area contributed by atoms with Crippen LogP contribution < -0.4 is 0 Å². The summed E-state index contributed by atoms with van der Waals surface area (Å²) in [6.07, 6.45) is 0. The van der Waals surface area contributed by atoms with E-state index in [0.717, 1.165) is 0 Å². The van der Waals surface area contributed by atoms with Gasteiger partial charge in [-0.15, -0.1) is 0 Å². The van der Waals surface area contributed by atoms with E-state index >= 15 is 0 Å². The van der Waals surface area contributed by atoms with Crippen molar-refractivity contribution in [3.63, 3.8) is 0 Å². The van der Waals surface area contributed by atoms with Gasteiger partial charge in [0.1, 0.15) is 0 Å². The van der Waals surface area contributed by atoms with Crippen LogP contribution in [-0.4, -0.2) is 115 Å². The number of hydrogen-bond acceptors (Lipinski definition) is 12. The lowest BCUT2D eigenvalue weighted by atomic mass is 10.3. The summed E-state index contributed by atoms with van der Waals surface area (Å²) in [5.74, 6) is 0. The first kappa shape index (κ1) is 44.4. The van der Waals surface area contributed by atoms with E-state index in [1.165, 1.54) is 0 Å². The molecule has 16 heteroatoms. The van der Waals surface area contributed by atoms with E-state index in [0.29, 0.717) is 91.4 Å². The van der Waals surface area contributed by atoms with Gasteiger partial charge in [-0.25, -0.2) is 0 Å². The van der Waals surface area contributed by atoms with Gasteiger partial charge in [-0.05, 0) is 83.1 Å². The van der Waals surface area contributed by atoms with E-state index in [1.807, 2.05) is 83.1 Å². The minimum Gasteiger partial charge on any atom is -0.374 e. The topological polar surface area (TPSA) is 111 Å². The predicted molar refractivity (Wildman–Crippen MR) is 180 cm³/mol. The Morgan fingerprint density at radius 2 is 0.432 bits per heavy atom. The zero-order valence-corrected chi connectivity index (χ0v) is 34.0. The van der Waals surface area contributed by atoms with Crippen molar-refractivity contribution in [3.05, 3.63) is 0 Å². The Morgan fingerprint density at radius 1 is 0.273 bits per heavy atom. The third-order valence-electron chi connectivity index (χ3n) is 6.59. The van der Waals surface area contributed by atoms with Crippen molar-refractivity contribution in [2.75, 3.05) is 79.3 Å². The highest BCUT2D eigenvalue weighted by Gasteiger charge is 2.68. The molecule has 0 saturated carbocycles. The van der Waals surface area contributed by atoms with Crippen molar-refractivity contribution in [2.24, 2.45) is 0 Å². The van der Waals surface area contributed by atoms with E-state index in [-0.39, 0.29) is 0 Å². The average molecular weight is 707 g/mol. The lowest BCUT2D eigenvalue weighted by Crippen LogP contribution is -2.63. The largest absolute Gasteiger partial charge is 0.504 e. The maximum absolute atomic E-state index is 6.66. The van der Waals surface area contributed by atoms with Gasteiger partial charge in [-0.1, -0.05) is 0 Å². The van der Waals surface area contributed by atoms with Gasteiger partial charge in [0.15, 0.2) is 0 Å². The van der Waals surface area contributed by atoms with Crippen LogP contribution in [0, 0.1) is 0 Å². The molecule has 0 amide bonds. The monoisotopic (exact) mass is 706 g/mol. The van der Waals surface area contributed by atoms with Crippen molar-refractivity contribution in [1.29, 1.82) is 0 Å². The first-order chi connectivity index (χ1) is 21.2. The Hall–Kier alpha value is 0.388. The molecule has 266 valence electrons. The molecular weight excluding hydrogens is 641 g/mol. The normalized spacial score (nSPS) is 14.7. The molecule has 0 bridgehead atoms. The van der Waals surface area contributed by atoms with Crippen molar-refractivity contribution >= 4 is 35.2 Å². The van der Waals surface area contributed by atoms with Gasteiger partial charge in [-0.2, -0.15) is 0 Å². The fourth-order valence-electron chi connectivity index (χ4n) is 5.59. The molecule has 0 aliphatic rings. The van der Waals surface area contributed by atoms with Gasteiger partial charge in [-0.3, -0.25) is 0 Å². The highest BCUT2D eigenvalue weighted by atomic mass is 28.4. The summed E-state index contributed by atoms with van der Waals surface area (Å²) in [6.45, 7) is 28.1. The molecule has 0 N–H and O–H groups in total.